The lowest BCUT2D eigenvalue weighted by Crippen LogP contribution is -2.24. The Morgan fingerprint density at radius 3 is 2.72 bits per heavy atom. The molecule has 4 nitrogen and oxygen atoms in total. The molecule has 0 bridgehead atoms. The lowest BCUT2D eigenvalue weighted by molar-refractivity contribution is 0.700. The Morgan fingerprint density at radius 2 is 2.00 bits per heavy atom. The number of para-hydroxylation sites is 1. The fourth-order valence-corrected chi connectivity index (χ4v) is 1.96. The summed E-state index contributed by atoms with van der Waals surface area (Å²) < 4.78 is 1.97. The lowest BCUT2D eigenvalue weighted by Gasteiger charge is -2.20. The smallest absolute Gasteiger partial charge is 0.132 e. The first kappa shape index (κ1) is 12.6. The molecule has 18 heavy (non-hydrogen) atoms. The molecule has 0 aliphatic rings. The van der Waals surface area contributed by atoms with Crippen molar-refractivity contribution in [3.05, 3.63) is 42.6 Å². The number of rotatable bonds is 6. The Balaban J connectivity index is 2.12. The number of benzene rings is 1. The van der Waals surface area contributed by atoms with Gasteiger partial charge in [0.05, 0.1) is 11.9 Å². The summed E-state index contributed by atoms with van der Waals surface area (Å²) in [6.07, 6.45) is 2.96. The van der Waals surface area contributed by atoms with E-state index in [1.807, 2.05) is 42.2 Å². The Labute approximate surface area is 108 Å². The number of nitrogens with zero attached hydrogens (tertiary/aromatic N) is 3. The topological polar surface area (TPSA) is 33.1 Å². The van der Waals surface area contributed by atoms with Gasteiger partial charge in [0.15, 0.2) is 0 Å². The summed E-state index contributed by atoms with van der Waals surface area (Å²) in [7, 11) is 4.08. The van der Waals surface area contributed by atoms with Crippen molar-refractivity contribution in [1.29, 1.82) is 0 Å². The SMILES string of the molecule is CNCCCN(C)c1ccnn1-c1ccccc1. The number of anilines is 1. The highest BCUT2D eigenvalue weighted by atomic mass is 15.4. The normalized spacial score (nSPS) is 10.6. The van der Waals surface area contributed by atoms with Crippen LogP contribution in [0, 0.1) is 0 Å². The summed E-state index contributed by atoms with van der Waals surface area (Å²) in [5.74, 6) is 1.12. The molecule has 0 aliphatic carbocycles. The van der Waals surface area contributed by atoms with Crippen LogP contribution in [0.15, 0.2) is 42.6 Å². The van der Waals surface area contributed by atoms with Crippen LogP contribution in [0.3, 0.4) is 0 Å². The van der Waals surface area contributed by atoms with Gasteiger partial charge in [0, 0.05) is 19.7 Å². The molecule has 0 saturated carbocycles. The van der Waals surface area contributed by atoms with Gasteiger partial charge < -0.3 is 10.2 Å². The first-order chi connectivity index (χ1) is 8.83. The second kappa shape index (κ2) is 6.21. The van der Waals surface area contributed by atoms with E-state index in [0.717, 1.165) is 31.0 Å². The maximum absolute atomic E-state index is 4.40. The van der Waals surface area contributed by atoms with Gasteiger partial charge in [-0.15, -0.1) is 0 Å². The highest BCUT2D eigenvalue weighted by Crippen LogP contribution is 2.17. The van der Waals surface area contributed by atoms with Gasteiger partial charge >= 0.3 is 0 Å². The third-order valence-corrected chi connectivity index (χ3v) is 2.93. The van der Waals surface area contributed by atoms with Gasteiger partial charge in [0.2, 0.25) is 0 Å². The minimum atomic E-state index is 1.01. The van der Waals surface area contributed by atoms with Gasteiger partial charge in [0.1, 0.15) is 5.82 Å². The van der Waals surface area contributed by atoms with Crippen LogP contribution in [0.2, 0.25) is 0 Å². The predicted molar refractivity (Wildman–Crippen MR) is 75.4 cm³/mol. The van der Waals surface area contributed by atoms with Gasteiger partial charge in [0.25, 0.3) is 0 Å². The van der Waals surface area contributed by atoms with E-state index in [-0.39, 0.29) is 0 Å². The molecule has 0 unspecified atom stereocenters. The van der Waals surface area contributed by atoms with E-state index in [1.165, 1.54) is 0 Å². The Morgan fingerprint density at radius 1 is 1.22 bits per heavy atom. The maximum atomic E-state index is 4.40. The Hall–Kier alpha value is -1.81. The predicted octanol–water partition coefficient (Wildman–Crippen LogP) is 1.92. The van der Waals surface area contributed by atoms with Crippen molar-refractivity contribution in [1.82, 2.24) is 15.1 Å². The first-order valence-corrected chi connectivity index (χ1v) is 6.28. The summed E-state index contributed by atoms with van der Waals surface area (Å²) in [6, 6.07) is 12.3. The maximum Gasteiger partial charge on any atom is 0.132 e. The molecular formula is C14H20N4. The van der Waals surface area contributed by atoms with Crippen LogP contribution in [-0.2, 0) is 0 Å². The van der Waals surface area contributed by atoms with Crippen molar-refractivity contribution < 1.29 is 0 Å². The Kier molecular flexibility index (Phi) is 4.36. The van der Waals surface area contributed by atoms with E-state index in [9.17, 15) is 0 Å². The van der Waals surface area contributed by atoms with E-state index in [2.05, 4.69) is 34.5 Å². The quantitative estimate of drug-likeness (QED) is 0.788. The fourth-order valence-electron chi connectivity index (χ4n) is 1.96. The summed E-state index contributed by atoms with van der Waals surface area (Å²) in [4.78, 5) is 2.23. The Bertz CT molecular complexity index is 464. The molecule has 0 aliphatic heterocycles. The average Bonchev–Trinajstić information content (AvgIpc) is 2.89. The molecule has 1 aromatic heterocycles. The van der Waals surface area contributed by atoms with Crippen molar-refractivity contribution in [3.63, 3.8) is 0 Å². The van der Waals surface area contributed by atoms with Crippen LogP contribution < -0.4 is 10.2 Å². The van der Waals surface area contributed by atoms with Crippen molar-refractivity contribution in [2.75, 3.05) is 32.1 Å². The molecular weight excluding hydrogens is 224 g/mol. The van der Waals surface area contributed by atoms with Crippen molar-refractivity contribution in [3.8, 4) is 5.69 Å². The second-order valence-electron chi connectivity index (χ2n) is 4.32. The van der Waals surface area contributed by atoms with E-state index < -0.39 is 0 Å². The molecule has 4 heteroatoms. The first-order valence-electron chi connectivity index (χ1n) is 6.28. The standard InChI is InChI=1S/C14H20N4/c1-15-10-6-12-17(2)14-9-11-16-18(14)13-7-4-3-5-8-13/h3-5,7-9,11,15H,6,10,12H2,1-2H3. The fraction of sp³-hybridized carbons (Fsp3) is 0.357. The van der Waals surface area contributed by atoms with E-state index >= 15 is 0 Å². The molecule has 1 heterocycles. The highest BCUT2D eigenvalue weighted by molar-refractivity contribution is 5.45. The molecule has 96 valence electrons. The van der Waals surface area contributed by atoms with Crippen molar-refractivity contribution in [2.45, 2.75) is 6.42 Å². The molecule has 0 saturated heterocycles. The van der Waals surface area contributed by atoms with Gasteiger partial charge in [-0.2, -0.15) is 5.10 Å². The molecule has 2 aromatic rings. The largest absolute Gasteiger partial charge is 0.360 e. The molecule has 0 atom stereocenters. The van der Waals surface area contributed by atoms with Crippen LogP contribution in [0.4, 0.5) is 5.82 Å². The molecule has 1 N–H and O–H groups in total. The van der Waals surface area contributed by atoms with Crippen LogP contribution in [0.5, 0.6) is 0 Å². The zero-order valence-electron chi connectivity index (χ0n) is 11.0. The van der Waals surface area contributed by atoms with Gasteiger partial charge in [-0.3, -0.25) is 0 Å². The number of hydrogen-bond donors (Lipinski definition) is 1. The molecule has 2 rings (SSSR count). The number of nitrogens with one attached hydrogen (secondary N) is 1. The number of hydrogen-bond acceptors (Lipinski definition) is 3. The summed E-state index contributed by atoms with van der Waals surface area (Å²) in [5.41, 5.74) is 1.10. The van der Waals surface area contributed by atoms with E-state index in [1.54, 1.807) is 0 Å². The van der Waals surface area contributed by atoms with Crippen LogP contribution in [0.1, 0.15) is 6.42 Å². The van der Waals surface area contributed by atoms with Gasteiger partial charge in [-0.05, 0) is 32.1 Å². The average molecular weight is 244 g/mol. The third kappa shape index (κ3) is 2.90. The second-order valence-corrected chi connectivity index (χ2v) is 4.32. The van der Waals surface area contributed by atoms with Gasteiger partial charge in [-0.25, -0.2) is 4.68 Å². The van der Waals surface area contributed by atoms with Crippen molar-refractivity contribution in [2.24, 2.45) is 0 Å². The monoisotopic (exact) mass is 244 g/mol. The molecule has 1 aromatic carbocycles. The number of aromatic nitrogens is 2. The van der Waals surface area contributed by atoms with Crippen LogP contribution in [-0.4, -0.2) is 37.0 Å². The molecule has 0 radical (unpaired) electrons. The molecule has 0 amide bonds. The summed E-state index contributed by atoms with van der Waals surface area (Å²) in [5, 5.41) is 7.56. The summed E-state index contributed by atoms with van der Waals surface area (Å²) in [6.45, 7) is 2.04. The van der Waals surface area contributed by atoms with Crippen LogP contribution >= 0.6 is 0 Å². The molecule has 0 spiro atoms. The molecule has 0 fully saturated rings. The lowest BCUT2D eigenvalue weighted by atomic mass is 10.3. The van der Waals surface area contributed by atoms with Crippen LogP contribution in [0.25, 0.3) is 5.69 Å². The van der Waals surface area contributed by atoms with E-state index in [4.69, 9.17) is 0 Å². The minimum absolute atomic E-state index is 1.01. The highest BCUT2D eigenvalue weighted by Gasteiger charge is 2.08. The zero-order chi connectivity index (χ0) is 12.8. The van der Waals surface area contributed by atoms with Crippen molar-refractivity contribution >= 4 is 5.82 Å². The van der Waals surface area contributed by atoms with Gasteiger partial charge in [-0.1, -0.05) is 18.2 Å². The summed E-state index contributed by atoms with van der Waals surface area (Å²) >= 11 is 0. The minimum Gasteiger partial charge on any atom is -0.360 e. The van der Waals surface area contributed by atoms with E-state index in [0.29, 0.717) is 0 Å². The third-order valence-electron chi connectivity index (χ3n) is 2.93. The zero-order valence-corrected chi connectivity index (χ0v) is 11.0.